The molecule has 0 spiro atoms. The van der Waals surface area contributed by atoms with Crippen molar-refractivity contribution in [1.82, 2.24) is 20.2 Å². The fourth-order valence-corrected chi connectivity index (χ4v) is 2.57. The maximum Gasteiger partial charge on any atom is 0.187 e. The summed E-state index contributed by atoms with van der Waals surface area (Å²) < 4.78 is 0. The Morgan fingerprint density at radius 3 is 3.00 bits per heavy atom. The average molecular weight is 238 g/mol. The Bertz CT molecular complexity index is 326. The Morgan fingerprint density at radius 2 is 2.25 bits per heavy atom. The van der Waals surface area contributed by atoms with Gasteiger partial charge in [0.1, 0.15) is 0 Å². The number of piperazine rings is 1. The van der Waals surface area contributed by atoms with Gasteiger partial charge in [-0.05, 0) is 13.0 Å². The van der Waals surface area contributed by atoms with E-state index in [0.717, 1.165) is 49.3 Å². The van der Waals surface area contributed by atoms with E-state index in [-0.39, 0.29) is 0 Å². The van der Waals surface area contributed by atoms with Gasteiger partial charge in [-0.2, -0.15) is 0 Å². The van der Waals surface area contributed by atoms with Crippen LogP contribution in [-0.4, -0.2) is 53.3 Å². The van der Waals surface area contributed by atoms with E-state index < -0.39 is 0 Å². The quantitative estimate of drug-likeness (QED) is 0.620. The van der Waals surface area contributed by atoms with Crippen LogP contribution >= 0.6 is 11.8 Å². The van der Waals surface area contributed by atoms with E-state index in [2.05, 4.69) is 20.2 Å². The molecule has 1 fully saturated rings. The number of hydrogen-bond acceptors (Lipinski definition) is 5. The van der Waals surface area contributed by atoms with Gasteiger partial charge in [0, 0.05) is 50.4 Å². The zero-order valence-corrected chi connectivity index (χ0v) is 10.5. The first-order chi connectivity index (χ1) is 7.84. The number of thioether (sulfide) groups is 1. The first kappa shape index (κ1) is 11.8. The summed E-state index contributed by atoms with van der Waals surface area (Å²) in [6, 6.07) is 1.93. The van der Waals surface area contributed by atoms with Gasteiger partial charge in [-0.3, -0.25) is 4.90 Å². The monoisotopic (exact) mass is 238 g/mol. The third-order valence-corrected chi connectivity index (χ3v) is 3.46. The fourth-order valence-electron chi connectivity index (χ4n) is 1.70. The summed E-state index contributed by atoms with van der Waals surface area (Å²) in [6.07, 6.45) is 1.83. The Hall–Kier alpha value is -0.650. The van der Waals surface area contributed by atoms with Crippen molar-refractivity contribution in [2.45, 2.75) is 12.1 Å². The number of hydrogen-bond donors (Lipinski definition) is 1. The molecule has 88 valence electrons. The van der Waals surface area contributed by atoms with Gasteiger partial charge in [0.2, 0.25) is 0 Å². The van der Waals surface area contributed by atoms with Crippen LogP contribution in [0.1, 0.15) is 5.69 Å². The predicted octanol–water partition coefficient (Wildman–Crippen LogP) is 0.782. The Balaban J connectivity index is 1.71. The lowest BCUT2D eigenvalue weighted by atomic mass is 10.4. The predicted molar refractivity (Wildman–Crippen MR) is 66.8 cm³/mol. The molecule has 2 heterocycles. The molecule has 1 aromatic rings. The van der Waals surface area contributed by atoms with Crippen molar-refractivity contribution in [2.24, 2.45) is 0 Å². The maximum atomic E-state index is 4.38. The van der Waals surface area contributed by atoms with Crippen LogP contribution in [0.25, 0.3) is 0 Å². The van der Waals surface area contributed by atoms with Crippen LogP contribution in [0.4, 0.5) is 0 Å². The second-order valence-corrected chi connectivity index (χ2v) is 4.98. The van der Waals surface area contributed by atoms with Crippen LogP contribution in [0.5, 0.6) is 0 Å². The molecule has 16 heavy (non-hydrogen) atoms. The highest BCUT2D eigenvalue weighted by atomic mass is 32.2. The largest absolute Gasteiger partial charge is 0.314 e. The van der Waals surface area contributed by atoms with Gasteiger partial charge in [-0.1, -0.05) is 11.8 Å². The summed E-state index contributed by atoms with van der Waals surface area (Å²) in [4.78, 5) is 11.1. The van der Waals surface area contributed by atoms with Crippen LogP contribution < -0.4 is 5.32 Å². The molecule has 1 saturated heterocycles. The van der Waals surface area contributed by atoms with Crippen molar-refractivity contribution in [3.8, 4) is 0 Å². The van der Waals surface area contributed by atoms with E-state index in [1.54, 1.807) is 11.8 Å². The molecule has 1 aromatic heterocycles. The van der Waals surface area contributed by atoms with E-state index >= 15 is 0 Å². The van der Waals surface area contributed by atoms with E-state index in [1.807, 2.05) is 19.2 Å². The molecular weight excluding hydrogens is 220 g/mol. The third kappa shape index (κ3) is 3.73. The highest BCUT2D eigenvalue weighted by Crippen LogP contribution is 2.12. The van der Waals surface area contributed by atoms with Gasteiger partial charge >= 0.3 is 0 Å². The minimum atomic E-state index is 0.898. The first-order valence-electron chi connectivity index (χ1n) is 5.70. The molecule has 0 aromatic carbocycles. The van der Waals surface area contributed by atoms with Gasteiger partial charge in [-0.25, -0.2) is 9.97 Å². The van der Waals surface area contributed by atoms with Gasteiger partial charge in [0.05, 0.1) is 0 Å². The maximum absolute atomic E-state index is 4.38. The summed E-state index contributed by atoms with van der Waals surface area (Å²) in [5.74, 6) is 1.07. The lowest BCUT2D eigenvalue weighted by Gasteiger charge is -2.26. The van der Waals surface area contributed by atoms with Crippen molar-refractivity contribution in [3.63, 3.8) is 0 Å². The molecule has 1 aliphatic heterocycles. The highest BCUT2D eigenvalue weighted by molar-refractivity contribution is 7.99. The van der Waals surface area contributed by atoms with Crippen molar-refractivity contribution in [1.29, 1.82) is 0 Å². The highest BCUT2D eigenvalue weighted by Gasteiger charge is 2.09. The van der Waals surface area contributed by atoms with Crippen LogP contribution in [-0.2, 0) is 0 Å². The van der Waals surface area contributed by atoms with Gasteiger partial charge < -0.3 is 5.32 Å². The molecule has 0 bridgehead atoms. The molecule has 0 saturated carbocycles. The summed E-state index contributed by atoms with van der Waals surface area (Å²) in [6.45, 7) is 7.69. The van der Waals surface area contributed by atoms with Crippen molar-refractivity contribution < 1.29 is 0 Å². The molecule has 0 unspecified atom stereocenters. The Kier molecular flexibility index (Phi) is 4.56. The summed E-state index contributed by atoms with van der Waals surface area (Å²) in [5.41, 5.74) is 1.04. The fraction of sp³-hybridized carbons (Fsp3) is 0.636. The van der Waals surface area contributed by atoms with Crippen LogP contribution in [0.3, 0.4) is 0 Å². The van der Waals surface area contributed by atoms with Crippen LogP contribution in [0.15, 0.2) is 17.4 Å². The molecule has 1 N–H and O–H groups in total. The van der Waals surface area contributed by atoms with E-state index in [4.69, 9.17) is 0 Å². The molecule has 0 amide bonds. The SMILES string of the molecule is Cc1ccnc(SCCN2CCNCC2)n1. The van der Waals surface area contributed by atoms with Gasteiger partial charge in [0.25, 0.3) is 0 Å². The molecule has 0 atom stereocenters. The van der Waals surface area contributed by atoms with E-state index in [9.17, 15) is 0 Å². The second kappa shape index (κ2) is 6.18. The number of nitrogens with zero attached hydrogens (tertiary/aromatic N) is 3. The smallest absolute Gasteiger partial charge is 0.187 e. The van der Waals surface area contributed by atoms with Crippen molar-refractivity contribution >= 4 is 11.8 Å². The minimum Gasteiger partial charge on any atom is -0.314 e. The summed E-state index contributed by atoms with van der Waals surface area (Å²) in [7, 11) is 0. The summed E-state index contributed by atoms with van der Waals surface area (Å²) in [5, 5.41) is 4.26. The zero-order chi connectivity index (χ0) is 11.2. The molecule has 5 heteroatoms. The van der Waals surface area contributed by atoms with Crippen molar-refractivity contribution in [3.05, 3.63) is 18.0 Å². The average Bonchev–Trinajstić information content (AvgIpc) is 2.30. The number of rotatable bonds is 4. The van der Waals surface area contributed by atoms with Crippen molar-refractivity contribution in [2.75, 3.05) is 38.5 Å². The normalized spacial score (nSPS) is 17.6. The first-order valence-corrected chi connectivity index (χ1v) is 6.69. The van der Waals surface area contributed by atoms with Crippen LogP contribution in [0.2, 0.25) is 0 Å². The number of nitrogens with one attached hydrogen (secondary N) is 1. The molecule has 0 radical (unpaired) electrons. The third-order valence-electron chi connectivity index (χ3n) is 2.62. The topological polar surface area (TPSA) is 41.1 Å². The van der Waals surface area contributed by atoms with Crippen LogP contribution in [0, 0.1) is 6.92 Å². The van der Waals surface area contributed by atoms with Gasteiger partial charge in [0.15, 0.2) is 5.16 Å². The zero-order valence-electron chi connectivity index (χ0n) is 9.65. The van der Waals surface area contributed by atoms with E-state index in [0.29, 0.717) is 0 Å². The molecule has 2 rings (SSSR count). The lowest BCUT2D eigenvalue weighted by Crippen LogP contribution is -2.44. The lowest BCUT2D eigenvalue weighted by molar-refractivity contribution is 0.255. The number of aromatic nitrogens is 2. The standard InChI is InChI=1S/C11H18N4S/c1-10-2-3-13-11(14-10)16-9-8-15-6-4-12-5-7-15/h2-3,12H,4-9H2,1H3. The minimum absolute atomic E-state index is 0.898. The second-order valence-electron chi connectivity index (χ2n) is 3.92. The Labute approximate surface area is 101 Å². The molecule has 0 aliphatic carbocycles. The summed E-state index contributed by atoms with van der Waals surface area (Å²) >= 11 is 1.74. The Morgan fingerprint density at radius 1 is 1.44 bits per heavy atom. The van der Waals surface area contributed by atoms with E-state index in [1.165, 1.54) is 0 Å². The molecular formula is C11H18N4S. The molecule has 4 nitrogen and oxygen atoms in total. The number of aryl methyl sites for hydroxylation is 1. The molecule has 1 aliphatic rings. The van der Waals surface area contributed by atoms with Gasteiger partial charge in [-0.15, -0.1) is 0 Å².